The molecule has 0 aromatic heterocycles. The number of hydrogen-bond acceptors (Lipinski definition) is 3. The normalized spacial score (nSPS) is 22.4. The van der Waals surface area contributed by atoms with Gasteiger partial charge in [-0.05, 0) is 56.9 Å². The van der Waals surface area contributed by atoms with E-state index in [0.717, 1.165) is 24.8 Å². The third-order valence-electron chi connectivity index (χ3n) is 4.35. The van der Waals surface area contributed by atoms with Gasteiger partial charge >= 0.3 is 5.97 Å². The van der Waals surface area contributed by atoms with Crippen LogP contribution in [0.25, 0.3) is 0 Å². The molecular weight excluding hydrogens is 266 g/mol. The van der Waals surface area contributed by atoms with Crippen molar-refractivity contribution in [2.45, 2.75) is 51.6 Å². The molecule has 4 nitrogen and oxygen atoms in total. The van der Waals surface area contributed by atoms with Crippen LogP contribution in [0.5, 0.6) is 5.75 Å². The molecule has 1 aliphatic heterocycles. The minimum atomic E-state index is -0.907. The summed E-state index contributed by atoms with van der Waals surface area (Å²) in [5.74, 6) is -0.170. The van der Waals surface area contributed by atoms with Gasteiger partial charge in [-0.1, -0.05) is 6.92 Å². The summed E-state index contributed by atoms with van der Waals surface area (Å²) < 4.78 is 5.69. The Kier molecular flexibility index (Phi) is 5.62. The molecule has 0 spiro atoms. The number of rotatable bonds is 7. The Hall–Kier alpha value is -1.55. The fourth-order valence-corrected chi connectivity index (χ4v) is 3.10. The summed E-state index contributed by atoms with van der Waals surface area (Å²) in [6, 6.07) is 8.01. The summed E-state index contributed by atoms with van der Waals surface area (Å²) in [5, 5.41) is 8.84. The smallest absolute Gasteiger partial charge is 0.335 e. The zero-order valence-corrected chi connectivity index (χ0v) is 12.9. The molecule has 1 aromatic carbocycles. The summed E-state index contributed by atoms with van der Waals surface area (Å²) in [5.41, 5.74) is 0.291. The van der Waals surface area contributed by atoms with Gasteiger partial charge in [0.25, 0.3) is 0 Å². The largest absolute Gasteiger partial charge is 0.494 e. The number of carbonyl (C=O) groups is 1. The van der Waals surface area contributed by atoms with E-state index in [0.29, 0.717) is 18.2 Å². The SMILES string of the molecule is CCC1CCC(C)N1CCCOc1ccc(C(=O)O)cc1. The van der Waals surface area contributed by atoms with E-state index in [1.165, 1.54) is 19.3 Å². The number of hydrogen-bond donors (Lipinski definition) is 1. The Balaban J connectivity index is 1.73. The Morgan fingerprint density at radius 3 is 2.67 bits per heavy atom. The van der Waals surface area contributed by atoms with Crippen molar-refractivity contribution in [2.75, 3.05) is 13.2 Å². The highest BCUT2D eigenvalue weighted by atomic mass is 16.5. The van der Waals surface area contributed by atoms with Crippen molar-refractivity contribution >= 4 is 5.97 Å². The maximum atomic E-state index is 10.8. The number of aromatic carboxylic acids is 1. The lowest BCUT2D eigenvalue weighted by Crippen LogP contribution is -2.35. The van der Waals surface area contributed by atoms with Crippen LogP contribution in [0.2, 0.25) is 0 Å². The molecule has 0 aliphatic carbocycles. The fraction of sp³-hybridized carbons (Fsp3) is 0.588. The molecule has 2 atom stereocenters. The predicted octanol–water partition coefficient (Wildman–Crippen LogP) is 3.42. The molecule has 1 N–H and O–H groups in total. The minimum absolute atomic E-state index is 0.291. The Morgan fingerprint density at radius 2 is 2.05 bits per heavy atom. The third kappa shape index (κ3) is 4.21. The van der Waals surface area contributed by atoms with E-state index in [1.54, 1.807) is 24.3 Å². The van der Waals surface area contributed by atoms with Crippen LogP contribution in [0, 0.1) is 0 Å². The quantitative estimate of drug-likeness (QED) is 0.782. The number of benzene rings is 1. The second-order valence-corrected chi connectivity index (χ2v) is 5.76. The van der Waals surface area contributed by atoms with Gasteiger partial charge in [-0.2, -0.15) is 0 Å². The maximum Gasteiger partial charge on any atom is 0.335 e. The van der Waals surface area contributed by atoms with Crippen LogP contribution >= 0.6 is 0 Å². The molecule has 1 aliphatic rings. The zero-order chi connectivity index (χ0) is 15.2. The second-order valence-electron chi connectivity index (χ2n) is 5.76. The van der Waals surface area contributed by atoms with Gasteiger partial charge in [-0.15, -0.1) is 0 Å². The molecule has 2 unspecified atom stereocenters. The summed E-state index contributed by atoms with van der Waals surface area (Å²) in [4.78, 5) is 13.4. The van der Waals surface area contributed by atoms with Crippen molar-refractivity contribution in [3.05, 3.63) is 29.8 Å². The topological polar surface area (TPSA) is 49.8 Å². The van der Waals surface area contributed by atoms with Gasteiger partial charge in [-0.3, -0.25) is 4.90 Å². The molecule has 116 valence electrons. The maximum absolute atomic E-state index is 10.8. The monoisotopic (exact) mass is 291 g/mol. The van der Waals surface area contributed by atoms with Crippen LogP contribution in [0.15, 0.2) is 24.3 Å². The van der Waals surface area contributed by atoms with Crippen molar-refractivity contribution in [1.29, 1.82) is 0 Å². The van der Waals surface area contributed by atoms with E-state index in [1.807, 2.05) is 0 Å². The van der Waals surface area contributed by atoms with Gasteiger partial charge in [0.2, 0.25) is 0 Å². The van der Waals surface area contributed by atoms with Crippen LogP contribution in [0.1, 0.15) is 49.9 Å². The van der Waals surface area contributed by atoms with Crippen molar-refractivity contribution < 1.29 is 14.6 Å². The highest BCUT2D eigenvalue weighted by Crippen LogP contribution is 2.25. The number of carboxylic acids is 1. The average molecular weight is 291 g/mol. The first-order valence-electron chi connectivity index (χ1n) is 7.83. The number of carboxylic acid groups (broad SMARTS) is 1. The molecule has 0 bridgehead atoms. The first kappa shape index (κ1) is 15.8. The highest BCUT2D eigenvalue weighted by Gasteiger charge is 2.28. The van der Waals surface area contributed by atoms with Crippen molar-refractivity contribution in [3.63, 3.8) is 0 Å². The summed E-state index contributed by atoms with van der Waals surface area (Å²) >= 11 is 0. The van der Waals surface area contributed by atoms with Crippen LogP contribution in [0.4, 0.5) is 0 Å². The first-order valence-corrected chi connectivity index (χ1v) is 7.83. The predicted molar refractivity (Wildman–Crippen MR) is 83.0 cm³/mol. The Labute approximate surface area is 126 Å². The number of nitrogens with zero attached hydrogens (tertiary/aromatic N) is 1. The molecule has 4 heteroatoms. The first-order chi connectivity index (χ1) is 10.1. The van der Waals surface area contributed by atoms with Gasteiger partial charge in [0.15, 0.2) is 0 Å². The molecule has 1 fully saturated rings. The molecule has 1 heterocycles. The van der Waals surface area contributed by atoms with Crippen molar-refractivity contribution in [1.82, 2.24) is 4.90 Å². The molecule has 2 rings (SSSR count). The third-order valence-corrected chi connectivity index (χ3v) is 4.35. The van der Waals surface area contributed by atoms with Gasteiger partial charge in [0.1, 0.15) is 5.75 Å². The number of ether oxygens (including phenoxy) is 1. The summed E-state index contributed by atoms with van der Waals surface area (Å²) in [6.07, 6.45) is 4.84. The molecular formula is C17H25NO3. The van der Waals surface area contributed by atoms with E-state index < -0.39 is 5.97 Å². The fourth-order valence-electron chi connectivity index (χ4n) is 3.10. The molecule has 1 saturated heterocycles. The zero-order valence-electron chi connectivity index (χ0n) is 12.9. The lowest BCUT2D eigenvalue weighted by atomic mass is 10.1. The molecule has 21 heavy (non-hydrogen) atoms. The summed E-state index contributed by atoms with van der Waals surface area (Å²) in [7, 11) is 0. The standard InChI is InChI=1S/C17H25NO3/c1-3-15-8-5-13(2)18(15)11-4-12-21-16-9-6-14(7-10-16)17(19)20/h6-7,9-10,13,15H,3-5,8,11-12H2,1-2H3,(H,19,20). The molecule has 0 amide bonds. The van der Waals surface area contributed by atoms with E-state index in [2.05, 4.69) is 18.7 Å². The Morgan fingerprint density at radius 1 is 1.33 bits per heavy atom. The molecule has 0 saturated carbocycles. The van der Waals surface area contributed by atoms with Crippen LogP contribution in [-0.2, 0) is 0 Å². The Bertz CT molecular complexity index is 458. The van der Waals surface area contributed by atoms with Crippen LogP contribution in [-0.4, -0.2) is 41.2 Å². The van der Waals surface area contributed by atoms with E-state index in [9.17, 15) is 4.79 Å². The molecule has 1 aromatic rings. The van der Waals surface area contributed by atoms with Gasteiger partial charge in [0.05, 0.1) is 12.2 Å². The highest BCUT2D eigenvalue weighted by molar-refractivity contribution is 5.87. The van der Waals surface area contributed by atoms with Crippen molar-refractivity contribution in [2.24, 2.45) is 0 Å². The van der Waals surface area contributed by atoms with E-state index in [-0.39, 0.29) is 0 Å². The average Bonchev–Trinajstić information content (AvgIpc) is 2.84. The lowest BCUT2D eigenvalue weighted by Gasteiger charge is -2.27. The minimum Gasteiger partial charge on any atom is -0.494 e. The van der Waals surface area contributed by atoms with Gasteiger partial charge < -0.3 is 9.84 Å². The van der Waals surface area contributed by atoms with E-state index >= 15 is 0 Å². The van der Waals surface area contributed by atoms with Gasteiger partial charge in [0, 0.05) is 18.6 Å². The van der Waals surface area contributed by atoms with Crippen molar-refractivity contribution in [3.8, 4) is 5.75 Å². The summed E-state index contributed by atoms with van der Waals surface area (Å²) in [6.45, 7) is 6.32. The van der Waals surface area contributed by atoms with Crippen LogP contribution < -0.4 is 4.74 Å². The number of likely N-dealkylation sites (tertiary alicyclic amines) is 1. The molecule has 0 radical (unpaired) electrons. The second kappa shape index (κ2) is 7.46. The van der Waals surface area contributed by atoms with E-state index in [4.69, 9.17) is 9.84 Å². The lowest BCUT2D eigenvalue weighted by molar-refractivity contribution is 0.0697. The van der Waals surface area contributed by atoms with Crippen LogP contribution in [0.3, 0.4) is 0 Å². The van der Waals surface area contributed by atoms with Gasteiger partial charge in [-0.25, -0.2) is 4.79 Å².